The SMILES string of the molecule is CSC(O[Si](C(C)C)(C(C)C)C(C)C)=C(C)C. The van der Waals surface area contributed by atoms with Crippen molar-refractivity contribution in [1.29, 1.82) is 0 Å². The molecule has 3 heteroatoms. The average Bonchev–Trinajstić information content (AvgIpc) is 2.16. The van der Waals surface area contributed by atoms with Gasteiger partial charge >= 0.3 is 0 Å². The highest BCUT2D eigenvalue weighted by Crippen LogP contribution is 2.45. The summed E-state index contributed by atoms with van der Waals surface area (Å²) in [6.45, 7) is 18.3. The van der Waals surface area contributed by atoms with Crippen LogP contribution in [0.15, 0.2) is 10.7 Å². The van der Waals surface area contributed by atoms with E-state index < -0.39 is 8.32 Å². The molecule has 0 aromatic carbocycles. The van der Waals surface area contributed by atoms with E-state index in [2.05, 4.69) is 61.6 Å². The molecular weight excluding hydrogens is 244 g/mol. The Balaban J connectivity index is 5.41. The van der Waals surface area contributed by atoms with Crippen LogP contribution in [0.25, 0.3) is 0 Å². The van der Waals surface area contributed by atoms with Crippen molar-refractivity contribution >= 4 is 20.1 Å². The van der Waals surface area contributed by atoms with Crippen LogP contribution in [0.1, 0.15) is 55.4 Å². The fraction of sp³-hybridized carbons (Fsp3) is 0.857. The summed E-state index contributed by atoms with van der Waals surface area (Å²) < 4.78 is 6.61. The van der Waals surface area contributed by atoms with E-state index in [1.54, 1.807) is 11.8 Å². The molecule has 1 nitrogen and oxygen atoms in total. The molecule has 0 fully saturated rings. The zero-order valence-corrected chi connectivity index (χ0v) is 14.9. The first kappa shape index (κ1) is 17.1. The minimum atomic E-state index is -1.75. The molecule has 0 radical (unpaired) electrons. The topological polar surface area (TPSA) is 9.23 Å². The predicted molar refractivity (Wildman–Crippen MR) is 84.0 cm³/mol. The quantitative estimate of drug-likeness (QED) is 0.447. The molecule has 0 bridgehead atoms. The van der Waals surface area contributed by atoms with E-state index in [4.69, 9.17) is 4.43 Å². The summed E-state index contributed by atoms with van der Waals surface area (Å²) in [5.41, 5.74) is 3.23. The maximum atomic E-state index is 6.61. The van der Waals surface area contributed by atoms with E-state index in [1.165, 1.54) is 5.57 Å². The molecule has 0 atom stereocenters. The lowest BCUT2D eigenvalue weighted by atomic mass is 10.4. The van der Waals surface area contributed by atoms with Gasteiger partial charge in [-0.15, -0.1) is 0 Å². The van der Waals surface area contributed by atoms with Crippen molar-refractivity contribution < 1.29 is 4.43 Å². The van der Waals surface area contributed by atoms with Crippen LogP contribution in [-0.4, -0.2) is 14.6 Å². The van der Waals surface area contributed by atoms with Gasteiger partial charge in [-0.3, -0.25) is 0 Å². The molecule has 0 amide bonds. The second kappa shape index (κ2) is 6.88. The molecule has 17 heavy (non-hydrogen) atoms. The normalized spacial score (nSPS) is 12.5. The molecule has 0 saturated carbocycles. The largest absolute Gasteiger partial charge is 0.538 e. The van der Waals surface area contributed by atoms with Gasteiger partial charge in [0.05, 0.1) is 0 Å². The van der Waals surface area contributed by atoms with Crippen molar-refractivity contribution in [3.05, 3.63) is 10.7 Å². The smallest absolute Gasteiger partial charge is 0.259 e. The molecule has 0 aliphatic rings. The maximum Gasteiger partial charge on any atom is 0.259 e. The second-order valence-electron chi connectivity index (χ2n) is 5.91. The number of thioether (sulfide) groups is 1. The molecule has 0 spiro atoms. The summed E-state index contributed by atoms with van der Waals surface area (Å²) in [5, 5.41) is 1.15. The zero-order chi connectivity index (χ0) is 13.8. The van der Waals surface area contributed by atoms with Gasteiger partial charge in [-0.25, -0.2) is 0 Å². The molecule has 102 valence electrons. The Bertz CT molecular complexity index is 244. The maximum absolute atomic E-state index is 6.61. The van der Waals surface area contributed by atoms with E-state index in [-0.39, 0.29) is 0 Å². The van der Waals surface area contributed by atoms with E-state index in [1.807, 2.05) is 0 Å². The van der Waals surface area contributed by atoms with Crippen LogP contribution in [0.5, 0.6) is 0 Å². The Labute approximate surface area is 114 Å². The Hall–Kier alpha value is 0.107. The highest BCUT2D eigenvalue weighted by atomic mass is 32.2. The fourth-order valence-electron chi connectivity index (χ4n) is 2.86. The molecule has 0 aliphatic heterocycles. The third-order valence-corrected chi connectivity index (χ3v) is 10.6. The van der Waals surface area contributed by atoms with Gasteiger partial charge < -0.3 is 4.43 Å². The van der Waals surface area contributed by atoms with Crippen LogP contribution in [0.2, 0.25) is 16.6 Å². The van der Waals surface area contributed by atoms with Gasteiger partial charge in [0.2, 0.25) is 0 Å². The van der Waals surface area contributed by atoms with E-state index in [0.29, 0.717) is 16.6 Å². The number of rotatable bonds is 6. The third kappa shape index (κ3) is 3.78. The summed E-state index contributed by atoms with van der Waals surface area (Å²) in [7, 11) is -1.75. The third-order valence-electron chi connectivity index (χ3n) is 3.57. The lowest BCUT2D eigenvalue weighted by molar-refractivity contribution is 0.400. The number of hydrogen-bond donors (Lipinski definition) is 0. The van der Waals surface area contributed by atoms with Gasteiger partial charge in [0.1, 0.15) is 5.09 Å². The van der Waals surface area contributed by atoms with E-state index in [0.717, 1.165) is 5.09 Å². The van der Waals surface area contributed by atoms with E-state index in [9.17, 15) is 0 Å². The molecule has 0 heterocycles. The van der Waals surface area contributed by atoms with Crippen LogP contribution in [0, 0.1) is 0 Å². The highest BCUT2D eigenvalue weighted by Gasteiger charge is 2.47. The van der Waals surface area contributed by atoms with E-state index >= 15 is 0 Å². The standard InChI is InChI=1S/C14H30OSSi/c1-10(2)14(16-9)15-17(11(3)4,12(5)6)13(7)8/h11-13H,1-9H3. The molecule has 0 rings (SSSR count). The summed E-state index contributed by atoms with van der Waals surface area (Å²) >= 11 is 1.75. The fourth-order valence-corrected chi connectivity index (χ4v) is 9.27. The van der Waals surface area contributed by atoms with Gasteiger partial charge in [-0.2, -0.15) is 0 Å². The van der Waals surface area contributed by atoms with Crippen LogP contribution >= 0.6 is 11.8 Å². The summed E-state index contributed by atoms with van der Waals surface area (Å²) in [4.78, 5) is 0. The minimum Gasteiger partial charge on any atom is -0.538 e. The van der Waals surface area contributed by atoms with Gasteiger partial charge in [0, 0.05) is 0 Å². The zero-order valence-electron chi connectivity index (χ0n) is 13.0. The molecule has 0 aliphatic carbocycles. The molecule has 0 N–H and O–H groups in total. The Kier molecular flexibility index (Phi) is 6.93. The number of hydrogen-bond acceptors (Lipinski definition) is 2. The minimum absolute atomic E-state index is 0.643. The van der Waals surface area contributed by atoms with Crippen molar-refractivity contribution in [3.63, 3.8) is 0 Å². The van der Waals surface area contributed by atoms with Crippen molar-refractivity contribution in [2.24, 2.45) is 0 Å². The van der Waals surface area contributed by atoms with Crippen LogP contribution in [0.3, 0.4) is 0 Å². The molecule has 0 saturated heterocycles. The van der Waals surface area contributed by atoms with Crippen LogP contribution in [-0.2, 0) is 4.43 Å². The summed E-state index contributed by atoms with van der Waals surface area (Å²) in [6.07, 6.45) is 2.11. The monoisotopic (exact) mass is 274 g/mol. The lowest BCUT2D eigenvalue weighted by Gasteiger charge is -2.42. The van der Waals surface area contributed by atoms with Gasteiger partial charge in [0.15, 0.2) is 0 Å². The van der Waals surface area contributed by atoms with Gasteiger partial charge in [-0.05, 0) is 42.3 Å². The Morgan fingerprint density at radius 3 is 1.41 bits per heavy atom. The summed E-state index contributed by atoms with van der Waals surface area (Å²) in [6, 6.07) is 0. The first-order valence-electron chi connectivity index (χ1n) is 6.60. The van der Waals surface area contributed by atoms with Gasteiger partial charge in [-0.1, -0.05) is 53.3 Å². The van der Waals surface area contributed by atoms with Crippen molar-refractivity contribution in [1.82, 2.24) is 0 Å². The first-order valence-corrected chi connectivity index (χ1v) is 9.97. The average molecular weight is 275 g/mol. The molecular formula is C14H30OSSi. The highest BCUT2D eigenvalue weighted by molar-refractivity contribution is 8.02. The molecule has 0 unspecified atom stereocenters. The predicted octanol–water partition coefficient (Wildman–Crippen LogP) is 5.79. The van der Waals surface area contributed by atoms with Crippen molar-refractivity contribution in [2.45, 2.75) is 72.0 Å². The van der Waals surface area contributed by atoms with Crippen LogP contribution < -0.4 is 0 Å². The van der Waals surface area contributed by atoms with Crippen LogP contribution in [0.4, 0.5) is 0 Å². The van der Waals surface area contributed by atoms with Gasteiger partial charge in [0.25, 0.3) is 8.32 Å². The molecule has 0 aromatic heterocycles. The van der Waals surface area contributed by atoms with Crippen molar-refractivity contribution in [2.75, 3.05) is 6.26 Å². The Morgan fingerprint density at radius 1 is 0.882 bits per heavy atom. The second-order valence-corrected chi connectivity index (χ2v) is 12.1. The first-order chi connectivity index (χ1) is 7.70. The van der Waals surface area contributed by atoms with Crippen molar-refractivity contribution in [3.8, 4) is 0 Å². The number of allylic oxidation sites excluding steroid dienone is 1. The summed E-state index contributed by atoms with van der Waals surface area (Å²) in [5.74, 6) is 0. The molecule has 0 aromatic rings. The Morgan fingerprint density at radius 2 is 1.24 bits per heavy atom. The lowest BCUT2D eigenvalue weighted by Crippen LogP contribution is -2.47.